The van der Waals surface area contributed by atoms with Crippen molar-refractivity contribution in [2.45, 2.75) is 69.7 Å². The standard InChI is InChI=1S/C19H29N3O5/c1-13-6-2-4-8-19(13)17(24)22(18(25)20-19)12-15(23)21-9-5-3-7-14(21)16-26-10-11-27-16/h13-14,16H,2-12H2,1H3,(H,20,25)/t13-,14-,19-/m1/s1. The van der Waals surface area contributed by atoms with Crippen LogP contribution in [-0.4, -0.2) is 71.8 Å². The third kappa shape index (κ3) is 3.23. The molecule has 1 saturated carbocycles. The molecule has 1 spiro atoms. The summed E-state index contributed by atoms with van der Waals surface area (Å²) >= 11 is 0. The van der Waals surface area contributed by atoms with Gasteiger partial charge in [0, 0.05) is 6.54 Å². The van der Waals surface area contributed by atoms with Crippen molar-refractivity contribution in [3.63, 3.8) is 0 Å². The third-order valence-corrected chi connectivity index (χ3v) is 6.63. The van der Waals surface area contributed by atoms with E-state index in [2.05, 4.69) is 5.32 Å². The molecule has 0 bridgehead atoms. The summed E-state index contributed by atoms with van der Waals surface area (Å²) in [5.41, 5.74) is -0.825. The fourth-order valence-corrected chi connectivity index (χ4v) is 5.01. The molecule has 0 unspecified atom stereocenters. The number of hydrogen-bond donors (Lipinski definition) is 1. The summed E-state index contributed by atoms with van der Waals surface area (Å²) in [5.74, 6) is -0.358. The minimum atomic E-state index is -0.825. The van der Waals surface area contributed by atoms with Gasteiger partial charge in [0.2, 0.25) is 5.91 Å². The van der Waals surface area contributed by atoms with Crippen LogP contribution in [0.1, 0.15) is 51.9 Å². The molecule has 0 aromatic rings. The number of carbonyl (C=O) groups is 3. The monoisotopic (exact) mass is 379 g/mol. The summed E-state index contributed by atoms with van der Waals surface area (Å²) in [5, 5.41) is 2.91. The second-order valence-electron chi connectivity index (χ2n) is 8.20. The van der Waals surface area contributed by atoms with Gasteiger partial charge < -0.3 is 19.7 Å². The van der Waals surface area contributed by atoms with Crippen LogP contribution < -0.4 is 5.32 Å². The molecule has 0 aromatic heterocycles. The average molecular weight is 379 g/mol. The molecule has 3 aliphatic heterocycles. The van der Waals surface area contributed by atoms with Gasteiger partial charge in [0.1, 0.15) is 12.1 Å². The van der Waals surface area contributed by atoms with Crippen molar-refractivity contribution in [3.8, 4) is 0 Å². The molecule has 3 saturated heterocycles. The largest absolute Gasteiger partial charge is 0.348 e. The number of rotatable bonds is 3. The van der Waals surface area contributed by atoms with Crippen molar-refractivity contribution in [3.05, 3.63) is 0 Å². The third-order valence-electron chi connectivity index (χ3n) is 6.63. The maximum Gasteiger partial charge on any atom is 0.325 e. The summed E-state index contributed by atoms with van der Waals surface area (Å²) in [6.45, 7) is 3.49. The van der Waals surface area contributed by atoms with Crippen LogP contribution >= 0.6 is 0 Å². The molecule has 4 rings (SSSR count). The molecule has 4 fully saturated rings. The SMILES string of the molecule is C[C@@H]1CCCC[C@@]12NC(=O)N(CC(=O)N1CCCC[C@@H]1C1OCCO1)C2=O. The first-order valence-electron chi connectivity index (χ1n) is 10.2. The second kappa shape index (κ2) is 7.39. The van der Waals surface area contributed by atoms with Gasteiger partial charge in [0.05, 0.1) is 19.3 Å². The maximum atomic E-state index is 13.1. The zero-order valence-corrected chi connectivity index (χ0v) is 15.9. The molecule has 4 amide bonds. The highest BCUT2D eigenvalue weighted by molar-refractivity contribution is 6.09. The van der Waals surface area contributed by atoms with Crippen LogP contribution in [0.5, 0.6) is 0 Å². The van der Waals surface area contributed by atoms with Gasteiger partial charge in [0.15, 0.2) is 6.29 Å². The molecule has 1 N–H and O–H groups in total. The Morgan fingerprint density at radius 3 is 2.63 bits per heavy atom. The Bertz CT molecular complexity index is 620. The molecule has 4 aliphatic rings. The fourth-order valence-electron chi connectivity index (χ4n) is 5.01. The Labute approximate surface area is 159 Å². The molecular formula is C19H29N3O5. The Kier molecular flexibility index (Phi) is 5.11. The second-order valence-corrected chi connectivity index (χ2v) is 8.20. The van der Waals surface area contributed by atoms with Crippen LogP contribution in [0.4, 0.5) is 4.79 Å². The summed E-state index contributed by atoms with van der Waals surface area (Å²) in [6.07, 6.45) is 5.90. The van der Waals surface area contributed by atoms with Crippen molar-refractivity contribution < 1.29 is 23.9 Å². The molecule has 3 heterocycles. The first kappa shape index (κ1) is 18.7. The van der Waals surface area contributed by atoms with E-state index >= 15 is 0 Å². The van der Waals surface area contributed by atoms with Crippen LogP contribution in [-0.2, 0) is 19.1 Å². The highest BCUT2D eigenvalue weighted by atomic mass is 16.7. The van der Waals surface area contributed by atoms with Crippen LogP contribution in [0.3, 0.4) is 0 Å². The number of imide groups is 1. The van der Waals surface area contributed by atoms with E-state index in [9.17, 15) is 14.4 Å². The lowest BCUT2D eigenvalue weighted by Crippen LogP contribution is -2.55. The summed E-state index contributed by atoms with van der Waals surface area (Å²) in [4.78, 5) is 41.5. The molecule has 27 heavy (non-hydrogen) atoms. The minimum absolute atomic E-state index is 0.0887. The number of carbonyl (C=O) groups excluding carboxylic acids is 3. The van der Waals surface area contributed by atoms with Gasteiger partial charge in [-0.1, -0.05) is 19.8 Å². The number of likely N-dealkylation sites (tertiary alicyclic amines) is 1. The van der Waals surface area contributed by atoms with E-state index in [1.165, 1.54) is 0 Å². The van der Waals surface area contributed by atoms with Crippen molar-refractivity contribution in [2.75, 3.05) is 26.3 Å². The fraction of sp³-hybridized carbons (Fsp3) is 0.842. The van der Waals surface area contributed by atoms with E-state index in [0.717, 1.165) is 43.4 Å². The molecule has 8 heteroatoms. The predicted octanol–water partition coefficient (Wildman–Crippen LogP) is 1.24. The normalized spacial score (nSPS) is 35.1. The Hall–Kier alpha value is -1.67. The van der Waals surface area contributed by atoms with Crippen molar-refractivity contribution in [1.82, 2.24) is 15.1 Å². The van der Waals surface area contributed by atoms with Gasteiger partial charge in [-0.15, -0.1) is 0 Å². The number of hydrogen-bond acceptors (Lipinski definition) is 5. The number of amides is 4. The predicted molar refractivity (Wildman–Crippen MR) is 95.7 cm³/mol. The average Bonchev–Trinajstić information content (AvgIpc) is 3.28. The lowest BCUT2D eigenvalue weighted by Gasteiger charge is -2.39. The van der Waals surface area contributed by atoms with Crippen molar-refractivity contribution >= 4 is 17.8 Å². The topological polar surface area (TPSA) is 88.2 Å². The summed E-state index contributed by atoms with van der Waals surface area (Å²) in [6, 6.07) is -0.582. The van der Waals surface area contributed by atoms with E-state index in [1.54, 1.807) is 4.90 Å². The van der Waals surface area contributed by atoms with E-state index in [0.29, 0.717) is 26.2 Å². The molecular weight excluding hydrogens is 350 g/mol. The molecule has 150 valence electrons. The number of nitrogens with zero attached hydrogens (tertiary/aromatic N) is 2. The van der Waals surface area contributed by atoms with E-state index in [4.69, 9.17) is 9.47 Å². The Balaban J connectivity index is 1.46. The molecule has 8 nitrogen and oxygen atoms in total. The lowest BCUT2D eigenvalue weighted by atomic mass is 9.73. The molecule has 0 radical (unpaired) electrons. The molecule has 1 aliphatic carbocycles. The smallest absolute Gasteiger partial charge is 0.325 e. The van der Waals surface area contributed by atoms with Gasteiger partial charge in [-0.3, -0.25) is 14.5 Å². The van der Waals surface area contributed by atoms with Crippen LogP contribution in [0.15, 0.2) is 0 Å². The highest BCUT2D eigenvalue weighted by Gasteiger charge is 2.55. The van der Waals surface area contributed by atoms with Crippen molar-refractivity contribution in [1.29, 1.82) is 0 Å². The van der Waals surface area contributed by atoms with Crippen LogP contribution in [0.2, 0.25) is 0 Å². The van der Waals surface area contributed by atoms with E-state index in [1.807, 2.05) is 6.92 Å². The van der Waals surface area contributed by atoms with Gasteiger partial charge in [-0.2, -0.15) is 0 Å². The first-order chi connectivity index (χ1) is 13.0. The zero-order chi connectivity index (χ0) is 19.0. The van der Waals surface area contributed by atoms with Crippen molar-refractivity contribution in [2.24, 2.45) is 5.92 Å². The molecule has 3 atom stereocenters. The highest BCUT2D eigenvalue weighted by Crippen LogP contribution is 2.38. The summed E-state index contributed by atoms with van der Waals surface area (Å²) in [7, 11) is 0. The van der Waals surface area contributed by atoms with Gasteiger partial charge in [0.25, 0.3) is 5.91 Å². The minimum Gasteiger partial charge on any atom is -0.348 e. The number of nitrogens with one attached hydrogen (secondary N) is 1. The summed E-state index contributed by atoms with van der Waals surface area (Å²) < 4.78 is 11.2. The Morgan fingerprint density at radius 2 is 1.89 bits per heavy atom. The zero-order valence-electron chi connectivity index (χ0n) is 15.9. The number of ether oxygens (including phenoxy) is 2. The number of urea groups is 1. The van der Waals surface area contributed by atoms with E-state index < -0.39 is 17.9 Å². The quantitative estimate of drug-likeness (QED) is 0.746. The Morgan fingerprint density at radius 1 is 1.15 bits per heavy atom. The first-order valence-corrected chi connectivity index (χ1v) is 10.2. The van der Waals surface area contributed by atoms with Gasteiger partial charge in [-0.05, 0) is 38.0 Å². The van der Waals surface area contributed by atoms with Gasteiger partial charge >= 0.3 is 6.03 Å². The number of piperidine rings is 1. The van der Waals surface area contributed by atoms with Gasteiger partial charge in [-0.25, -0.2) is 4.79 Å². The lowest BCUT2D eigenvalue weighted by molar-refractivity contribution is -0.153. The van der Waals surface area contributed by atoms with E-state index in [-0.39, 0.29) is 30.3 Å². The van der Waals surface area contributed by atoms with Crippen LogP contribution in [0, 0.1) is 5.92 Å². The van der Waals surface area contributed by atoms with Crippen LogP contribution in [0.25, 0.3) is 0 Å². The maximum absolute atomic E-state index is 13.1. The molecule has 0 aromatic carbocycles.